The number of hydrogen-bond donors (Lipinski definition) is 0. The van der Waals surface area contributed by atoms with Crippen LogP contribution in [0.15, 0.2) is 36.4 Å². The van der Waals surface area contributed by atoms with E-state index in [1.54, 1.807) is 7.11 Å². The van der Waals surface area contributed by atoms with E-state index in [-0.39, 0.29) is 5.92 Å². The molecule has 0 amide bonds. The predicted octanol–water partition coefficient (Wildman–Crippen LogP) is 3.87. The maximum Gasteiger partial charge on any atom is 0.119 e. The van der Waals surface area contributed by atoms with Gasteiger partial charge in [-0.15, -0.1) is 0 Å². The lowest BCUT2D eigenvalue weighted by atomic mass is 9.95. The summed E-state index contributed by atoms with van der Waals surface area (Å²) in [7, 11) is 1.67. The molecule has 86 valence electrons. The van der Waals surface area contributed by atoms with E-state index in [9.17, 15) is 0 Å². The Morgan fingerprint density at radius 1 is 1.18 bits per heavy atom. The largest absolute Gasteiger partial charge is 0.497 e. The van der Waals surface area contributed by atoms with E-state index >= 15 is 0 Å². The van der Waals surface area contributed by atoms with Gasteiger partial charge in [-0.3, -0.25) is 0 Å². The molecule has 0 aliphatic heterocycles. The first-order valence-electron chi connectivity index (χ1n) is 5.75. The summed E-state index contributed by atoms with van der Waals surface area (Å²) in [5, 5.41) is 11.4. The van der Waals surface area contributed by atoms with Crippen LogP contribution >= 0.6 is 0 Å². The average Bonchev–Trinajstić information content (AvgIpc) is 2.39. The minimum absolute atomic E-state index is 0.0125. The molecule has 0 aliphatic rings. The summed E-state index contributed by atoms with van der Waals surface area (Å²) in [6.45, 7) is 2.03. The Morgan fingerprint density at radius 2 is 1.88 bits per heavy atom. The fourth-order valence-electron chi connectivity index (χ4n) is 1.99. The number of nitrogens with zero attached hydrogens (tertiary/aromatic N) is 1. The molecule has 0 heterocycles. The Bertz CT molecular complexity index is 569. The summed E-state index contributed by atoms with van der Waals surface area (Å²) in [4.78, 5) is 0. The van der Waals surface area contributed by atoms with Crippen molar-refractivity contribution in [2.45, 2.75) is 19.3 Å². The van der Waals surface area contributed by atoms with Crippen LogP contribution < -0.4 is 4.74 Å². The molecule has 0 N–H and O–H groups in total. The molecule has 0 radical (unpaired) electrons. The van der Waals surface area contributed by atoms with Crippen molar-refractivity contribution in [1.29, 1.82) is 5.26 Å². The molecular weight excluding hydrogens is 210 g/mol. The van der Waals surface area contributed by atoms with Crippen molar-refractivity contribution < 1.29 is 4.74 Å². The topological polar surface area (TPSA) is 33.0 Å². The molecule has 0 saturated heterocycles. The second-order valence-electron chi connectivity index (χ2n) is 4.06. The summed E-state index contributed by atoms with van der Waals surface area (Å²) >= 11 is 0. The highest BCUT2D eigenvalue weighted by Crippen LogP contribution is 2.26. The first kappa shape index (κ1) is 11.5. The van der Waals surface area contributed by atoms with E-state index in [4.69, 9.17) is 10.00 Å². The molecule has 2 aromatic carbocycles. The summed E-state index contributed by atoms with van der Waals surface area (Å²) in [6, 6.07) is 14.5. The second-order valence-corrected chi connectivity index (χ2v) is 4.06. The smallest absolute Gasteiger partial charge is 0.119 e. The molecule has 0 aliphatic carbocycles. The number of nitriles is 1. The molecule has 0 spiro atoms. The van der Waals surface area contributed by atoms with Gasteiger partial charge in [0, 0.05) is 0 Å². The van der Waals surface area contributed by atoms with Crippen LogP contribution in [-0.4, -0.2) is 7.11 Å². The number of fused-ring (bicyclic) bond motifs is 1. The molecule has 0 saturated carbocycles. The Labute approximate surface area is 101 Å². The Kier molecular flexibility index (Phi) is 3.30. The zero-order valence-corrected chi connectivity index (χ0v) is 10.1. The van der Waals surface area contributed by atoms with Gasteiger partial charge in [-0.1, -0.05) is 25.1 Å². The van der Waals surface area contributed by atoms with Gasteiger partial charge in [0.25, 0.3) is 0 Å². The van der Waals surface area contributed by atoms with Crippen molar-refractivity contribution in [2.24, 2.45) is 0 Å². The number of rotatable bonds is 3. The quantitative estimate of drug-likeness (QED) is 0.794. The van der Waals surface area contributed by atoms with Crippen LogP contribution in [0.5, 0.6) is 5.75 Å². The van der Waals surface area contributed by atoms with Crippen molar-refractivity contribution in [1.82, 2.24) is 0 Å². The molecule has 2 nitrogen and oxygen atoms in total. The van der Waals surface area contributed by atoms with Crippen LogP contribution in [-0.2, 0) is 0 Å². The lowest BCUT2D eigenvalue weighted by Gasteiger charge is -2.08. The molecule has 0 fully saturated rings. The number of hydrogen-bond acceptors (Lipinski definition) is 2. The van der Waals surface area contributed by atoms with Crippen molar-refractivity contribution in [3.05, 3.63) is 42.0 Å². The van der Waals surface area contributed by atoms with E-state index < -0.39 is 0 Å². The second kappa shape index (κ2) is 4.88. The molecule has 0 bridgehead atoms. The Balaban J connectivity index is 2.48. The van der Waals surface area contributed by atoms with E-state index in [1.807, 2.05) is 37.3 Å². The van der Waals surface area contributed by atoms with E-state index in [1.165, 1.54) is 0 Å². The van der Waals surface area contributed by atoms with E-state index in [0.717, 1.165) is 28.5 Å². The highest BCUT2D eigenvalue weighted by atomic mass is 16.5. The van der Waals surface area contributed by atoms with Crippen LogP contribution in [0.25, 0.3) is 10.8 Å². The highest BCUT2D eigenvalue weighted by Gasteiger charge is 2.08. The fraction of sp³-hybridized carbons (Fsp3) is 0.267. The first-order valence-corrected chi connectivity index (χ1v) is 5.75. The van der Waals surface area contributed by atoms with Gasteiger partial charge in [0.05, 0.1) is 19.1 Å². The summed E-state index contributed by atoms with van der Waals surface area (Å²) in [6.07, 6.45) is 0.845. The average molecular weight is 225 g/mol. The third-order valence-electron chi connectivity index (χ3n) is 3.04. The maximum absolute atomic E-state index is 9.06. The van der Waals surface area contributed by atoms with Gasteiger partial charge in [-0.05, 0) is 41.0 Å². The number of ether oxygens (including phenoxy) is 1. The zero-order valence-electron chi connectivity index (χ0n) is 10.1. The minimum atomic E-state index is -0.0125. The van der Waals surface area contributed by atoms with Gasteiger partial charge >= 0.3 is 0 Å². The number of benzene rings is 2. The van der Waals surface area contributed by atoms with Crippen LogP contribution in [0.4, 0.5) is 0 Å². The van der Waals surface area contributed by atoms with Gasteiger partial charge in [0.1, 0.15) is 5.75 Å². The van der Waals surface area contributed by atoms with Crippen molar-refractivity contribution >= 4 is 10.8 Å². The van der Waals surface area contributed by atoms with Crippen LogP contribution in [0.3, 0.4) is 0 Å². The van der Waals surface area contributed by atoms with Gasteiger partial charge in [0.2, 0.25) is 0 Å². The highest BCUT2D eigenvalue weighted by molar-refractivity contribution is 5.84. The molecule has 17 heavy (non-hydrogen) atoms. The third-order valence-corrected chi connectivity index (χ3v) is 3.04. The molecule has 1 atom stereocenters. The molecular formula is C15H15NO. The van der Waals surface area contributed by atoms with Gasteiger partial charge in [0.15, 0.2) is 0 Å². The van der Waals surface area contributed by atoms with Crippen molar-refractivity contribution in [3.63, 3.8) is 0 Å². The molecule has 1 unspecified atom stereocenters. The standard InChI is InChI=1S/C15H15NO/c1-3-11(10-16)12-4-5-14-9-15(17-2)7-6-13(14)8-12/h4-9,11H,3H2,1-2H3. The zero-order chi connectivity index (χ0) is 12.3. The maximum atomic E-state index is 9.06. The molecule has 2 heteroatoms. The summed E-state index contributed by atoms with van der Waals surface area (Å²) < 4.78 is 5.19. The Morgan fingerprint density at radius 3 is 2.53 bits per heavy atom. The summed E-state index contributed by atoms with van der Waals surface area (Å²) in [5.74, 6) is 0.846. The lowest BCUT2D eigenvalue weighted by Crippen LogP contribution is -1.93. The minimum Gasteiger partial charge on any atom is -0.497 e. The predicted molar refractivity (Wildman–Crippen MR) is 69.1 cm³/mol. The van der Waals surface area contributed by atoms with Gasteiger partial charge in [-0.2, -0.15) is 5.26 Å². The molecule has 0 aromatic heterocycles. The lowest BCUT2D eigenvalue weighted by molar-refractivity contribution is 0.415. The monoisotopic (exact) mass is 225 g/mol. The molecule has 2 aromatic rings. The third kappa shape index (κ3) is 2.24. The van der Waals surface area contributed by atoms with Crippen molar-refractivity contribution in [3.8, 4) is 11.8 Å². The first-order chi connectivity index (χ1) is 8.28. The van der Waals surface area contributed by atoms with Crippen LogP contribution in [0.2, 0.25) is 0 Å². The van der Waals surface area contributed by atoms with Crippen LogP contribution in [0.1, 0.15) is 24.8 Å². The molecule has 2 rings (SSSR count). The van der Waals surface area contributed by atoms with Crippen LogP contribution in [0, 0.1) is 11.3 Å². The SMILES string of the molecule is CCC(C#N)c1ccc2cc(OC)ccc2c1. The van der Waals surface area contributed by atoms with Gasteiger partial charge in [-0.25, -0.2) is 0 Å². The summed E-state index contributed by atoms with van der Waals surface area (Å²) in [5.41, 5.74) is 1.09. The van der Waals surface area contributed by atoms with E-state index in [0.29, 0.717) is 0 Å². The normalized spacial score (nSPS) is 12.1. The Hall–Kier alpha value is -2.01. The fourth-order valence-corrected chi connectivity index (χ4v) is 1.99. The van der Waals surface area contributed by atoms with Gasteiger partial charge < -0.3 is 4.74 Å². The van der Waals surface area contributed by atoms with Crippen molar-refractivity contribution in [2.75, 3.05) is 7.11 Å². The van der Waals surface area contributed by atoms with E-state index in [2.05, 4.69) is 12.1 Å². The number of methoxy groups -OCH3 is 1.